The molecule has 4 aliphatic rings. The minimum Gasteiger partial charge on any atom is -0.443 e. The summed E-state index contributed by atoms with van der Waals surface area (Å²) in [5, 5.41) is 0. The molecule has 220 valence electrons. The first kappa shape index (κ1) is 29.6. The number of amides is 1. The van der Waals surface area contributed by atoms with Crippen LogP contribution in [0.1, 0.15) is 53.9 Å². The van der Waals surface area contributed by atoms with Crippen LogP contribution in [-0.4, -0.2) is 105 Å². The normalized spacial score (nSPS) is 33.3. The number of nitrogens with zero attached hydrogens (tertiary/aromatic N) is 1. The van der Waals surface area contributed by atoms with E-state index in [-0.39, 0.29) is 55.6 Å². The highest BCUT2D eigenvalue weighted by atomic mass is 16.8. The number of hydrogen-bond acceptors (Lipinski definition) is 11. The molecule has 39 heavy (non-hydrogen) atoms. The first-order valence-electron chi connectivity index (χ1n) is 13.5. The standard InChI is InChI=1S/C27H41NO11/c1-16(2)7-8-20-26(5,39-20)23-22(32-6)19(9-10-27(23)14-36-27)38-24(30)28-11-18(12-28)33-13-21(29)34-15-35-25(31)37-17(3)4/h7,17-20,22-23H,8-15H2,1-6H3/t19-,20-,22-,23-,26+,27+/m1/s1. The van der Waals surface area contributed by atoms with E-state index in [4.69, 9.17) is 33.2 Å². The Balaban J connectivity index is 1.20. The molecule has 1 saturated carbocycles. The fourth-order valence-electron chi connectivity index (χ4n) is 5.56. The number of likely N-dealkylation sites (tertiary alicyclic amines) is 1. The number of rotatable bonds is 11. The van der Waals surface area contributed by atoms with Crippen molar-refractivity contribution in [1.82, 2.24) is 4.90 Å². The second-order valence-corrected chi connectivity index (χ2v) is 11.3. The maximum Gasteiger partial charge on any atom is 0.511 e. The lowest BCUT2D eigenvalue weighted by Gasteiger charge is -2.44. The van der Waals surface area contributed by atoms with Crippen LogP contribution in [-0.2, 0) is 42.7 Å². The van der Waals surface area contributed by atoms with Gasteiger partial charge in [0.15, 0.2) is 0 Å². The van der Waals surface area contributed by atoms with Gasteiger partial charge in [-0.25, -0.2) is 14.4 Å². The van der Waals surface area contributed by atoms with Crippen LogP contribution in [0.5, 0.6) is 0 Å². The van der Waals surface area contributed by atoms with Crippen LogP contribution in [0.4, 0.5) is 9.59 Å². The Kier molecular flexibility index (Phi) is 9.09. The number of hydrogen-bond donors (Lipinski definition) is 0. The summed E-state index contributed by atoms with van der Waals surface area (Å²) >= 11 is 0. The van der Waals surface area contributed by atoms with E-state index in [1.807, 2.05) is 0 Å². The highest BCUT2D eigenvalue weighted by Crippen LogP contribution is 2.59. The van der Waals surface area contributed by atoms with Crippen molar-refractivity contribution in [2.24, 2.45) is 5.92 Å². The number of ether oxygens (including phenoxy) is 8. The average molecular weight is 556 g/mol. The van der Waals surface area contributed by atoms with Gasteiger partial charge in [0.1, 0.15) is 30.0 Å². The second-order valence-electron chi connectivity index (χ2n) is 11.3. The van der Waals surface area contributed by atoms with E-state index in [1.54, 1.807) is 21.0 Å². The van der Waals surface area contributed by atoms with Gasteiger partial charge in [-0.1, -0.05) is 11.6 Å². The third-order valence-electron chi connectivity index (χ3n) is 7.76. The third-order valence-corrected chi connectivity index (χ3v) is 7.76. The van der Waals surface area contributed by atoms with E-state index in [1.165, 1.54) is 10.5 Å². The molecule has 0 unspecified atom stereocenters. The summed E-state index contributed by atoms with van der Waals surface area (Å²) in [6.07, 6.45) is 1.68. The maximum atomic E-state index is 12.9. The van der Waals surface area contributed by atoms with Gasteiger partial charge in [0.05, 0.1) is 43.9 Å². The molecule has 0 bridgehead atoms. The molecule has 0 N–H and O–H groups in total. The number of allylic oxidation sites excluding steroid dienone is 1. The SMILES string of the molecule is CO[C@@H]1[C@H](OC(=O)N2CC(OCC(=O)OCOC(=O)OC(C)C)C2)CC[C@]2(CO2)[C@H]1[C@@]1(C)O[C@@H]1CC=C(C)C. The molecule has 12 nitrogen and oxygen atoms in total. The van der Waals surface area contributed by atoms with Crippen molar-refractivity contribution in [3.05, 3.63) is 11.6 Å². The molecule has 0 aromatic carbocycles. The fourth-order valence-corrected chi connectivity index (χ4v) is 5.56. The summed E-state index contributed by atoms with van der Waals surface area (Å²) in [6, 6.07) is 0. The molecule has 12 heteroatoms. The van der Waals surface area contributed by atoms with Crippen molar-refractivity contribution in [3.8, 4) is 0 Å². The van der Waals surface area contributed by atoms with Crippen molar-refractivity contribution >= 4 is 18.2 Å². The molecule has 3 saturated heterocycles. The Hall–Kier alpha value is -2.41. The summed E-state index contributed by atoms with van der Waals surface area (Å²) in [7, 11) is 1.64. The predicted molar refractivity (Wildman–Crippen MR) is 135 cm³/mol. The lowest BCUT2D eigenvalue weighted by atomic mass is 9.68. The summed E-state index contributed by atoms with van der Waals surface area (Å²) in [5.74, 6) is -0.744. The number of epoxide rings is 2. The van der Waals surface area contributed by atoms with Crippen molar-refractivity contribution in [3.63, 3.8) is 0 Å². The van der Waals surface area contributed by atoms with E-state index in [9.17, 15) is 14.4 Å². The Morgan fingerprint density at radius 1 is 1.15 bits per heavy atom. The highest BCUT2D eigenvalue weighted by Gasteiger charge is 2.72. The average Bonchev–Trinajstić information content (AvgIpc) is 3.74. The number of carbonyl (C=O) groups is 3. The molecule has 1 spiro atoms. The van der Waals surface area contributed by atoms with Crippen molar-refractivity contribution in [1.29, 1.82) is 0 Å². The zero-order valence-electron chi connectivity index (χ0n) is 23.6. The molecule has 1 aliphatic carbocycles. The number of carbonyl (C=O) groups excluding carboxylic acids is 3. The van der Waals surface area contributed by atoms with Gasteiger partial charge in [0.2, 0.25) is 6.79 Å². The zero-order chi connectivity index (χ0) is 28.4. The van der Waals surface area contributed by atoms with Gasteiger partial charge in [-0.05, 0) is 53.9 Å². The quantitative estimate of drug-likeness (QED) is 0.122. The molecule has 6 atom stereocenters. The van der Waals surface area contributed by atoms with Crippen LogP contribution in [0.3, 0.4) is 0 Å². The molecule has 3 aliphatic heterocycles. The Bertz CT molecular complexity index is 938. The molecule has 0 aromatic rings. The van der Waals surface area contributed by atoms with Gasteiger partial charge >= 0.3 is 18.2 Å². The van der Waals surface area contributed by atoms with Crippen LogP contribution in [0.15, 0.2) is 11.6 Å². The maximum absolute atomic E-state index is 12.9. The van der Waals surface area contributed by atoms with Gasteiger partial charge in [-0.2, -0.15) is 0 Å². The fraction of sp³-hybridized carbons (Fsp3) is 0.815. The Morgan fingerprint density at radius 2 is 1.87 bits per heavy atom. The van der Waals surface area contributed by atoms with Crippen molar-refractivity contribution in [2.45, 2.75) is 95.6 Å². The molecular formula is C27H41NO11. The Morgan fingerprint density at radius 3 is 2.49 bits per heavy atom. The van der Waals surface area contributed by atoms with Crippen molar-refractivity contribution in [2.75, 3.05) is 40.2 Å². The van der Waals surface area contributed by atoms with E-state index in [0.29, 0.717) is 13.0 Å². The molecule has 3 heterocycles. The summed E-state index contributed by atoms with van der Waals surface area (Å²) < 4.78 is 43.7. The molecular weight excluding hydrogens is 514 g/mol. The van der Waals surface area contributed by atoms with Crippen LogP contribution >= 0.6 is 0 Å². The third kappa shape index (κ3) is 7.03. The van der Waals surface area contributed by atoms with Crippen LogP contribution in [0.2, 0.25) is 0 Å². The summed E-state index contributed by atoms with van der Waals surface area (Å²) in [6.45, 7) is 9.92. The van der Waals surface area contributed by atoms with Gasteiger partial charge < -0.3 is 42.8 Å². The molecule has 4 fully saturated rings. The smallest absolute Gasteiger partial charge is 0.443 e. The topological polar surface area (TPSA) is 135 Å². The van der Waals surface area contributed by atoms with E-state index < -0.39 is 36.7 Å². The van der Waals surface area contributed by atoms with E-state index in [0.717, 1.165) is 12.8 Å². The number of methoxy groups -OCH3 is 1. The minimum atomic E-state index is -0.922. The van der Waals surface area contributed by atoms with Crippen molar-refractivity contribution < 1.29 is 52.3 Å². The zero-order valence-corrected chi connectivity index (χ0v) is 23.6. The highest BCUT2D eigenvalue weighted by molar-refractivity contribution is 5.71. The second kappa shape index (κ2) is 12.0. The first-order chi connectivity index (χ1) is 18.5. The lowest BCUT2D eigenvalue weighted by Crippen LogP contribution is -2.59. The van der Waals surface area contributed by atoms with Gasteiger partial charge in [-0.15, -0.1) is 0 Å². The number of esters is 1. The molecule has 0 aromatic heterocycles. The van der Waals surface area contributed by atoms with Gasteiger partial charge in [0, 0.05) is 7.11 Å². The van der Waals surface area contributed by atoms with Crippen LogP contribution in [0.25, 0.3) is 0 Å². The Labute approximate surface area is 229 Å². The molecule has 4 rings (SSSR count). The first-order valence-corrected chi connectivity index (χ1v) is 13.5. The summed E-state index contributed by atoms with van der Waals surface area (Å²) in [4.78, 5) is 37.5. The molecule has 1 amide bonds. The van der Waals surface area contributed by atoms with Crippen LogP contribution in [0, 0.1) is 5.92 Å². The van der Waals surface area contributed by atoms with E-state index >= 15 is 0 Å². The largest absolute Gasteiger partial charge is 0.511 e. The molecule has 0 radical (unpaired) electrons. The monoisotopic (exact) mass is 555 g/mol. The summed E-state index contributed by atoms with van der Waals surface area (Å²) in [5.41, 5.74) is 0.552. The predicted octanol–water partition coefficient (Wildman–Crippen LogP) is 2.96. The lowest BCUT2D eigenvalue weighted by molar-refractivity contribution is -0.164. The van der Waals surface area contributed by atoms with E-state index in [2.05, 4.69) is 31.6 Å². The minimum absolute atomic E-state index is 0.0493. The van der Waals surface area contributed by atoms with Gasteiger partial charge in [-0.3, -0.25) is 0 Å². The van der Waals surface area contributed by atoms with Crippen LogP contribution < -0.4 is 0 Å². The van der Waals surface area contributed by atoms with Gasteiger partial charge in [0.25, 0.3) is 0 Å².